The summed E-state index contributed by atoms with van der Waals surface area (Å²) in [6.07, 6.45) is 3.82. The normalized spacial score (nSPS) is 18.3. The van der Waals surface area contributed by atoms with Gasteiger partial charge in [0.25, 0.3) is 5.91 Å². The first-order valence-corrected chi connectivity index (χ1v) is 10.7. The highest BCUT2D eigenvalue weighted by Gasteiger charge is 2.19. The molecule has 1 aliphatic heterocycles. The molecule has 1 fully saturated rings. The van der Waals surface area contributed by atoms with Crippen LogP contribution in [-0.4, -0.2) is 41.5 Å². The van der Waals surface area contributed by atoms with Crippen molar-refractivity contribution in [3.63, 3.8) is 0 Å². The third kappa shape index (κ3) is 3.82. The van der Waals surface area contributed by atoms with Crippen LogP contribution in [0.4, 0.5) is 0 Å². The van der Waals surface area contributed by atoms with Crippen molar-refractivity contribution in [2.24, 2.45) is 0 Å². The maximum atomic E-state index is 12.7. The Morgan fingerprint density at radius 3 is 3.00 bits per heavy atom. The van der Waals surface area contributed by atoms with Crippen LogP contribution in [0.3, 0.4) is 0 Å². The zero-order chi connectivity index (χ0) is 19.0. The molecule has 142 valence electrons. The zero-order valence-electron chi connectivity index (χ0n) is 15.7. The number of amides is 1. The minimum absolute atomic E-state index is 0.0299. The summed E-state index contributed by atoms with van der Waals surface area (Å²) in [6, 6.07) is 8.60. The van der Waals surface area contributed by atoms with Gasteiger partial charge in [-0.05, 0) is 51.4 Å². The van der Waals surface area contributed by atoms with E-state index in [1.165, 1.54) is 36.2 Å². The van der Waals surface area contributed by atoms with Crippen LogP contribution >= 0.6 is 22.9 Å². The van der Waals surface area contributed by atoms with Gasteiger partial charge in [-0.15, -0.1) is 11.3 Å². The second-order valence-electron chi connectivity index (χ2n) is 7.41. The standard InChI is InChI=1S/C21H24ClN3OS/c1-13-6-7-17-15(11-13)19-16(20(22)24-17)12-18(27-19)21(26)23-8-10-25-9-4-3-5-14(25)2/h6-7,11-12,14H,3-5,8-10H2,1-2H3,(H,23,26). The van der Waals surface area contributed by atoms with Gasteiger partial charge in [-0.3, -0.25) is 9.69 Å². The summed E-state index contributed by atoms with van der Waals surface area (Å²) in [5.74, 6) is -0.0299. The molecule has 0 bridgehead atoms. The summed E-state index contributed by atoms with van der Waals surface area (Å²) >= 11 is 7.87. The fourth-order valence-corrected chi connectivity index (χ4v) is 5.24. The van der Waals surface area contributed by atoms with Crippen LogP contribution in [0.25, 0.3) is 21.0 Å². The van der Waals surface area contributed by atoms with E-state index in [4.69, 9.17) is 11.6 Å². The lowest BCUT2D eigenvalue weighted by Gasteiger charge is -2.33. The third-order valence-corrected chi connectivity index (χ3v) is 6.87. The molecule has 2 aromatic heterocycles. The van der Waals surface area contributed by atoms with Crippen molar-refractivity contribution in [3.8, 4) is 0 Å². The molecular weight excluding hydrogens is 378 g/mol. The van der Waals surface area contributed by atoms with Crippen molar-refractivity contribution >= 4 is 49.8 Å². The van der Waals surface area contributed by atoms with Gasteiger partial charge in [-0.1, -0.05) is 29.7 Å². The summed E-state index contributed by atoms with van der Waals surface area (Å²) in [4.78, 5) is 20.3. The highest BCUT2D eigenvalue weighted by Crippen LogP contribution is 2.36. The van der Waals surface area contributed by atoms with Crippen molar-refractivity contribution < 1.29 is 4.79 Å². The molecule has 0 spiro atoms. The van der Waals surface area contributed by atoms with E-state index in [-0.39, 0.29) is 5.91 Å². The van der Waals surface area contributed by atoms with E-state index >= 15 is 0 Å². The van der Waals surface area contributed by atoms with Gasteiger partial charge in [0, 0.05) is 34.6 Å². The Morgan fingerprint density at radius 2 is 2.19 bits per heavy atom. The number of carbonyl (C=O) groups is 1. The Balaban J connectivity index is 1.53. The number of hydrogen-bond donors (Lipinski definition) is 1. The number of nitrogens with zero attached hydrogens (tertiary/aromatic N) is 2. The van der Waals surface area contributed by atoms with Gasteiger partial charge in [0.2, 0.25) is 0 Å². The van der Waals surface area contributed by atoms with Crippen molar-refractivity contribution in [1.29, 1.82) is 0 Å². The summed E-state index contributed by atoms with van der Waals surface area (Å²) in [7, 11) is 0. The molecule has 4 nitrogen and oxygen atoms in total. The van der Waals surface area contributed by atoms with Crippen LogP contribution in [0.1, 0.15) is 41.4 Å². The SMILES string of the molecule is Cc1ccc2nc(Cl)c3cc(C(=O)NCCN4CCCCC4C)sc3c2c1. The van der Waals surface area contributed by atoms with Crippen molar-refractivity contribution in [2.45, 2.75) is 39.2 Å². The Hall–Kier alpha value is -1.69. The first-order valence-electron chi connectivity index (χ1n) is 9.54. The fourth-order valence-electron chi connectivity index (χ4n) is 3.84. The second-order valence-corrected chi connectivity index (χ2v) is 8.82. The van der Waals surface area contributed by atoms with Gasteiger partial charge in [0.05, 0.1) is 10.4 Å². The quantitative estimate of drug-likeness (QED) is 0.624. The highest BCUT2D eigenvalue weighted by molar-refractivity contribution is 7.21. The minimum Gasteiger partial charge on any atom is -0.350 e. The average molecular weight is 402 g/mol. The number of pyridine rings is 1. The Bertz CT molecular complexity index is 1000. The Kier molecular flexibility index (Phi) is 5.35. The smallest absolute Gasteiger partial charge is 0.261 e. The molecule has 3 aromatic rings. The minimum atomic E-state index is -0.0299. The van der Waals surface area contributed by atoms with Gasteiger partial charge in [-0.2, -0.15) is 0 Å². The first kappa shape index (κ1) is 18.7. The summed E-state index contributed by atoms with van der Waals surface area (Å²) in [6.45, 7) is 7.04. The van der Waals surface area contributed by atoms with Gasteiger partial charge in [0.15, 0.2) is 0 Å². The number of fused-ring (bicyclic) bond motifs is 3. The number of likely N-dealkylation sites (tertiary alicyclic amines) is 1. The summed E-state index contributed by atoms with van der Waals surface area (Å²) in [5.41, 5.74) is 2.04. The maximum Gasteiger partial charge on any atom is 0.261 e. The lowest BCUT2D eigenvalue weighted by molar-refractivity contribution is 0.0942. The van der Waals surface area contributed by atoms with Crippen molar-refractivity contribution in [3.05, 3.63) is 39.9 Å². The van der Waals surface area contributed by atoms with Crippen LogP contribution < -0.4 is 5.32 Å². The van der Waals surface area contributed by atoms with Gasteiger partial charge < -0.3 is 5.32 Å². The summed E-state index contributed by atoms with van der Waals surface area (Å²) in [5, 5.41) is 5.44. The maximum absolute atomic E-state index is 12.7. The first-order chi connectivity index (χ1) is 13.0. The number of benzene rings is 1. The van der Waals surface area contributed by atoms with Crippen LogP contribution in [0.5, 0.6) is 0 Å². The molecule has 3 heterocycles. The van der Waals surface area contributed by atoms with Gasteiger partial charge in [-0.25, -0.2) is 4.98 Å². The summed E-state index contributed by atoms with van der Waals surface area (Å²) < 4.78 is 1.03. The van der Waals surface area contributed by atoms with Crippen molar-refractivity contribution in [2.75, 3.05) is 19.6 Å². The van der Waals surface area contributed by atoms with E-state index in [0.717, 1.165) is 34.1 Å². The largest absolute Gasteiger partial charge is 0.350 e. The van der Waals surface area contributed by atoms with E-state index < -0.39 is 0 Å². The van der Waals surface area contributed by atoms with Crippen LogP contribution in [0.2, 0.25) is 5.15 Å². The number of aryl methyl sites for hydroxylation is 1. The molecule has 27 heavy (non-hydrogen) atoms. The lowest BCUT2D eigenvalue weighted by atomic mass is 10.0. The highest BCUT2D eigenvalue weighted by atomic mass is 35.5. The van der Waals surface area contributed by atoms with E-state index in [9.17, 15) is 4.79 Å². The van der Waals surface area contributed by atoms with Crippen LogP contribution in [0.15, 0.2) is 24.3 Å². The third-order valence-electron chi connectivity index (χ3n) is 5.42. The number of piperidine rings is 1. The fraction of sp³-hybridized carbons (Fsp3) is 0.429. The Labute approximate surface area is 168 Å². The van der Waals surface area contributed by atoms with Crippen molar-refractivity contribution in [1.82, 2.24) is 15.2 Å². The van der Waals surface area contributed by atoms with Gasteiger partial charge in [0.1, 0.15) is 5.15 Å². The lowest BCUT2D eigenvalue weighted by Crippen LogP contribution is -2.42. The number of aromatic nitrogens is 1. The van der Waals surface area contributed by atoms with Crippen LogP contribution in [0, 0.1) is 6.92 Å². The number of nitrogens with one attached hydrogen (secondary N) is 1. The molecule has 1 atom stereocenters. The number of carbonyl (C=O) groups excluding carboxylic acids is 1. The number of halogens is 1. The number of rotatable bonds is 4. The molecule has 1 aliphatic rings. The topological polar surface area (TPSA) is 45.2 Å². The Morgan fingerprint density at radius 1 is 1.33 bits per heavy atom. The van der Waals surface area contributed by atoms with Gasteiger partial charge >= 0.3 is 0 Å². The molecule has 1 saturated heterocycles. The van der Waals surface area contributed by atoms with E-state index in [0.29, 0.717) is 22.6 Å². The molecule has 1 amide bonds. The molecule has 0 aliphatic carbocycles. The van der Waals surface area contributed by atoms with E-state index in [2.05, 4.69) is 35.1 Å². The molecule has 6 heteroatoms. The molecule has 0 radical (unpaired) electrons. The zero-order valence-corrected chi connectivity index (χ0v) is 17.3. The second kappa shape index (κ2) is 7.74. The number of thiophene rings is 1. The van der Waals surface area contributed by atoms with E-state index in [1.807, 2.05) is 18.2 Å². The molecule has 1 aromatic carbocycles. The van der Waals surface area contributed by atoms with Crippen LogP contribution in [-0.2, 0) is 0 Å². The molecule has 4 rings (SSSR count). The predicted octanol–water partition coefficient (Wildman–Crippen LogP) is 5.02. The number of hydrogen-bond acceptors (Lipinski definition) is 4. The predicted molar refractivity (Wildman–Crippen MR) is 114 cm³/mol. The average Bonchev–Trinajstić information content (AvgIpc) is 3.10. The molecule has 0 saturated carbocycles. The molecular formula is C21H24ClN3OS. The molecule has 1 unspecified atom stereocenters. The molecule has 1 N–H and O–H groups in total. The van der Waals surface area contributed by atoms with E-state index in [1.54, 1.807) is 0 Å². The monoisotopic (exact) mass is 401 g/mol.